The van der Waals surface area contributed by atoms with E-state index in [9.17, 15) is 9.59 Å². The molecule has 0 fully saturated rings. The number of pyridine rings is 1. The van der Waals surface area contributed by atoms with Crippen molar-refractivity contribution in [3.63, 3.8) is 0 Å². The summed E-state index contributed by atoms with van der Waals surface area (Å²) in [6.07, 6.45) is 1.38. The van der Waals surface area contributed by atoms with Crippen molar-refractivity contribution in [2.24, 2.45) is 0 Å². The number of nitrogens with one attached hydrogen (secondary N) is 2. The summed E-state index contributed by atoms with van der Waals surface area (Å²) in [6, 6.07) is 11.5. The fourth-order valence-corrected chi connectivity index (χ4v) is 2.39. The Hall–Kier alpha value is -2.30. The molecule has 0 aliphatic heterocycles. The number of fused-ring (bicyclic) bond motifs is 1. The van der Waals surface area contributed by atoms with Crippen molar-refractivity contribution in [2.45, 2.75) is 0 Å². The third-order valence-corrected chi connectivity index (χ3v) is 3.68. The molecule has 1 aromatic heterocycles. The van der Waals surface area contributed by atoms with Crippen molar-refractivity contribution in [2.75, 3.05) is 5.32 Å². The number of rotatable bonds is 2. The standard InChI is InChI=1S/C16H10Cl2N2O2/c17-9-1-4-11(5-2-9)20-16(22)13-8-19-14-7-10(18)3-6-12(14)15(13)21/h1-8H,(H,19,21)(H,20,22). The Kier molecular flexibility index (Phi) is 3.88. The van der Waals surface area contributed by atoms with Gasteiger partial charge in [0.05, 0.1) is 5.52 Å². The van der Waals surface area contributed by atoms with E-state index in [4.69, 9.17) is 23.2 Å². The predicted octanol–water partition coefficient (Wildman–Crippen LogP) is 4.09. The fourth-order valence-electron chi connectivity index (χ4n) is 2.09. The van der Waals surface area contributed by atoms with Crippen LogP contribution in [-0.4, -0.2) is 10.9 Å². The van der Waals surface area contributed by atoms with E-state index in [2.05, 4.69) is 10.3 Å². The zero-order chi connectivity index (χ0) is 15.7. The number of aromatic nitrogens is 1. The van der Waals surface area contributed by atoms with E-state index in [-0.39, 0.29) is 11.0 Å². The number of hydrogen-bond donors (Lipinski definition) is 2. The number of hydrogen-bond acceptors (Lipinski definition) is 2. The summed E-state index contributed by atoms with van der Waals surface area (Å²) in [5.41, 5.74) is 0.826. The Labute approximate surface area is 135 Å². The van der Waals surface area contributed by atoms with Crippen molar-refractivity contribution in [1.82, 2.24) is 4.98 Å². The Balaban J connectivity index is 1.97. The third kappa shape index (κ3) is 2.84. The minimum Gasteiger partial charge on any atom is -0.360 e. The molecule has 6 heteroatoms. The van der Waals surface area contributed by atoms with Gasteiger partial charge < -0.3 is 10.3 Å². The summed E-state index contributed by atoms with van der Waals surface area (Å²) in [4.78, 5) is 27.5. The average Bonchev–Trinajstić information content (AvgIpc) is 2.49. The van der Waals surface area contributed by atoms with Gasteiger partial charge in [0.25, 0.3) is 5.91 Å². The van der Waals surface area contributed by atoms with E-state index >= 15 is 0 Å². The molecular weight excluding hydrogens is 323 g/mol. The van der Waals surface area contributed by atoms with Gasteiger partial charge >= 0.3 is 0 Å². The maximum absolute atomic E-state index is 12.4. The van der Waals surface area contributed by atoms with E-state index in [0.29, 0.717) is 26.6 Å². The quantitative estimate of drug-likeness (QED) is 0.742. The van der Waals surface area contributed by atoms with E-state index in [1.165, 1.54) is 6.20 Å². The number of H-pyrrole nitrogens is 1. The molecule has 4 nitrogen and oxygen atoms in total. The van der Waals surface area contributed by atoms with Crippen LogP contribution in [0.4, 0.5) is 5.69 Å². The molecule has 0 aliphatic carbocycles. The first-order chi connectivity index (χ1) is 10.5. The molecule has 22 heavy (non-hydrogen) atoms. The van der Waals surface area contributed by atoms with Crippen molar-refractivity contribution in [3.8, 4) is 0 Å². The molecule has 0 saturated heterocycles. The van der Waals surface area contributed by atoms with Crippen LogP contribution < -0.4 is 10.7 Å². The second-order valence-electron chi connectivity index (χ2n) is 4.68. The van der Waals surface area contributed by atoms with E-state index in [1.807, 2.05) is 0 Å². The fraction of sp³-hybridized carbons (Fsp3) is 0. The second kappa shape index (κ2) is 5.83. The van der Waals surface area contributed by atoms with Crippen LogP contribution in [0.25, 0.3) is 10.9 Å². The number of amides is 1. The van der Waals surface area contributed by atoms with Gasteiger partial charge in [0.2, 0.25) is 5.43 Å². The summed E-state index contributed by atoms with van der Waals surface area (Å²) in [7, 11) is 0. The molecule has 0 saturated carbocycles. The highest BCUT2D eigenvalue weighted by atomic mass is 35.5. The van der Waals surface area contributed by atoms with Gasteiger partial charge in [-0.25, -0.2) is 0 Å². The SMILES string of the molecule is O=C(Nc1ccc(Cl)cc1)c1c[nH]c2cc(Cl)ccc2c1=O. The zero-order valence-electron chi connectivity index (χ0n) is 11.2. The van der Waals surface area contributed by atoms with Gasteiger partial charge in [-0.15, -0.1) is 0 Å². The molecule has 1 heterocycles. The Morgan fingerprint density at radius 3 is 2.41 bits per heavy atom. The lowest BCUT2D eigenvalue weighted by atomic mass is 10.1. The lowest BCUT2D eigenvalue weighted by Crippen LogP contribution is -2.21. The predicted molar refractivity (Wildman–Crippen MR) is 89.0 cm³/mol. The molecule has 0 spiro atoms. The second-order valence-corrected chi connectivity index (χ2v) is 5.56. The molecule has 0 aliphatic rings. The molecule has 0 unspecified atom stereocenters. The highest BCUT2D eigenvalue weighted by Crippen LogP contribution is 2.16. The summed E-state index contributed by atoms with van der Waals surface area (Å²) >= 11 is 11.7. The van der Waals surface area contributed by atoms with Crippen LogP contribution in [-0.2, 0) is 0 Å². The maximum atomic E-state index is 12.4. The Bertz CT molecular complexity index is 918. The van der Waals surface area contributed by atoms with Gasteiger partial charge in [0.1, 0.15) is 5.56 Å². The molecule has 0 atom stereocenters. The van der Waals surface area contributed by atoms with Crippen molar-refractivity contribution >= 4 is 45.7 Å². The molecule has 3 rings (SSSR count). The van der Waals surface area contributed by atoms with E-state index in [0.717, 1.165) is 0 Å². The first kappa shape index (κ1) is 14.6. The molecule has 0 bridgehead atoms. The summed E-state index contributed by atoms with van der Waals surface area (Å²) < 4.78 is 0. The van der Waals surface area contributed by atoms with Gasteiger partial charge in [-0.2, -0.15) is 0 Å². The molecule has 1 amide bonds. The van der Waals surface area contributed by atoms with E-state index < -0.39 is 5.91 Å². The number of halogens is 2. The lowest BCUT2D eigenvalue weighted by Gasteiger charge is -2.06. The van der Waals surface area contributed by atoms with Crippen LogP contribution in [0.2, 0.25) is 10.0 Å². The molecular formula is C16H10Cl2N2O2. The Morgan fingerprint density at radius 1 is 1.00 bits per heavy atom. The van der Waals surface area contributed by atoms with Crippen LogP contribution in [0.1, 0.15) is 10.4 Å². The minimum absolute atomic E-state index is 0.0322. The van der Waals surface area contributed by atoms with Crippen LogP contribution in [0.3, 0.4) is 0 Å². The Morgan fingerprint density at radius 2 is 1.68 bits per heavy atom. The average molecular weight is 333 g/mol. The number of aromatic amines is 1. The van der Waals surface area contributed by atoms with Gasteiger partial charge in [0.15, 0.2) is 0 Å². The number of benzene rings is 2. The number of anilines is 1. The summed E-state index contributed by atoms with van der Waals surface area (Å²) in [5.74, 6) is -0.486. The first-order valence-electron chi connectivity index (χ1n) is 6.42. The number of carbonyl (C=O) groups is 1. The van der Waals surface area contributed by atoms with Crippen LogP contribution >= 0.6 is 23.2 Å². The highest BCUT2D eigenvalue weighted by Gasteiger charge is 2.13. The molecule has 110 valence electrons. The van der Waals surface area contributed by atoms with Gasteiger partial charge in [-0.05, 0) is 42.5 Å². The number of carbonyl (C=O) groups excluding carboxylic acids is 1. The minimum atomic E-state index is -0.486. The normalized spacial score (nSPS) is 10.6. The maximum Gasteiger partial charge on any atom is 0.261 e. The monoisotopic (exact) mass is 332 g/mol. The van der Waals surface area contributed by atoms with Gasteiger partial charge in [0, 0.05) is 27.3 Å². The van der Waals surface area contributed by atoms with Crippen LogP contribution in [0.15, 0.2) is 53.5 Å². The highest BCUT2D eigenvalue weighted by molar-refractivity contribution is 6.31. The van der Waals surface area contributed by atoms with Gasteiger partial charge in [-0.1, -0.05) is 23.2 Å². The van der Waals surface area contributed by atoms with Crippen molar-refractivity contribution in [3.05, 3.63) is 74.5 Å². The summed E-state index contributed by atoms with van der Waals surface area (Å²) in [6.45, 7) is 0. The molecule has 2 aromatic carbocycles. The zero-order valence-corrected chi connectivity index (χ0v) is 12.7. The first-order valence-corrected chi connectivity index (χ1v) is 7.18. The van der Waals surface area contributed by atoms with Crippen molar-refractivity contribution < 1.29 is 4.79 Å². The lowest BCUT2D eigenvalue weighted by molar-refractivity contribution is 0.102. The molecule has 3 aromatic rings. The van der Waals surface area contributed by atoms with Crippen LogP contribution in [0, 0.1) is 0 Å². The smallest absolute Gasteiger partial charge is 0.261 e. The van der Waals surface area contributed by atoms with Crippen molar-refractivity contribution in [1.29, 1.82) is 0 Å². The van der Waals surface area contributed by atoms with Gasteiger partial charge in [-0.3, -0.25) is 9.59 Å². The van der Waals surface area contributed by atoms with E-state index in [1.54, 1.807) is 42.5 Å². The topological polar surface area (TPSA) is 62.0 Å². The molecule has 0 radical (unpaired) electrons. The molecule has 2 N–H and O–H groups in total. The summed E-state index contributed by atoms with van der Waals surface area (Å²) in [5, 5.41) is 4.15. The van der Waals surface area contributed by atoms with Crippen LogP contribution in [0.5, 0.6) is 0 Å². The largest absolute Gasteiger partial charge is 0.360 e. The third-order valence-electron chi connectivity index (χ3n) is 3.19.